The van der Waals surface area contributed by atoms with Gasteiger partial charge in [-0.15, -0.1) is 0 Å². The second kappa shape index (κ2) is 6.75. The summed E-state index contributed by atoms with van der Waals surface area (Å²) in [5.74, 6) is 1.77. The maximum Gasteiger partial charge on any atom is 0.129 e. The number of hydrogen-bond acceptors (Lipinski definition) is 4. The van der Waals surface area contributed by atoms with Crippen LogP contribution in [0.3, 0.4) is 0 Å². The third-order valence-corrected chi connectivity index (χ3v) is 3.24. The second-order valence-electron chi connectivity index (χ2n) is 5.27. The van der Waals surface area contributed by atoms with Gasteiger partial charge in [-0.25, -0.2) is 4.98 Å². The quantitative estimate of drug-likeness (QED) is 0.886. The van der Waals surface area contributed by atoms with Crippen LogP contribution in [-0.2, 0) is 4.74 Å². The van der Waals surface area contributed by atoms with Gasteiger partial charge in [0, 0.05) is 31.6 Å². The minimum Gasteiger partial charge on any atom is -0.490 e. The molecule has 4 heteroatoms. The van der Waals surface area contributed by atoms with E-state index in [4.69, 9.17) is 9.47 Å². The lowest BCUT2D eigenvalue weighted by molar-refractivity contribution is -0.0721. The van der Waals surface area contributed by atoms with E-state index in [0.29, 0.717) is 0 Å². The smallest absolute Gasteiger partial charge is 0.129 e. The van der Waals surface area contributed by atoms with Gasteiger partial charge in [-0.2, -0.15) is 0 Å². The molecule has 4 nitrogen and oxygen atoms in total. The van der Waals surface area contributed by atoms with E-state index < -0.39 is 0 Å². The topological polar surface area (TPSA) is 43.4 Å². The highest BCUT2D eigenvalue weighted by Crippen LogP contribution is 2.25. The Morgan fingerprint density at radius 3 is 2.79 bits per heavy atom. The van der Waals surface area contributed by atoms with Crippen LogP contribution < -0.4 is 10.1 Å². The van der Waals surface area contributed by atoms with Crippen molar-refractivity contribution >= 4 is 5.82 Å². The molecule has 0 bridgehead atoms. The Bertz CT molecular complexity index is 387. The lowest BCUT2D eigenvalue weighted by atomic mass is 10.0. The molecule has 0 saturated carbocycles. The standard InChI is InChI=1S/C15H24N2O2/c1-4-6-16-15-10-13(5-7-17-15)19-14-8-11(2)18-12(3)9-14/h5,7,10-12,14H,4,6,8-9H2,1-3H3,(H,16,17). The molecule has 1 aliphatic heterocycles. The van der Waals surface area contributed by atoms with Crippen molar-refractivity contribution in [3.05, 3.63) is 18.3 Å². The lowest BCUT2D eigenvalue weighted by Crippen LogP contribution is -2.35. The zero-order valence-corrected chi connectivity index (χ0v) is 12.1. The van der Waals surface area contributed by atoms with Crippen LogP contribution in [0.4, 0.5) is 5.82 Å². The Kier molecular flexibility index (Phi) is 5.02. The van der Waals surface area contributed by atoms with Crippen molar-refractivity contribution in [2.75, 3.05) is 11.9 Å². The predicted molar refractivity (Wildman–Crippen MR) is 76.7 cm³/mol. The largest absolute Gasteiger partial charge is 0.490 e. The molecule has 2 rings (SSSR count). The number of rotatable bonds is 5. The third-order valence-electron chi connectivity index (χ3n) is 3.24. The summed E-state index contributed by atoms with van der Waals surface area (Å²) >= 11 is 0. The predicted octanol–water partition coefficient (Wildman–Crippen LogP) is 3.24. The number of anilines is 1. The van der Waals surface area contributed by atoms with Gasteiger partial charge in [0.2, 0.25) is 0 Å². The summed E-state index contributed by atoms with van der Waals surface area (Å²) in [4.78, 5) is 4.28. The first-order valence-electron chi connectivity index (χ1n) is 7.19. The first-order valence-corrected chi connectivity index (χ1v) is 7.19. The number of nitrogens with one attached hydrogen (secondary N) is 1. The maximum absolute atomic E-state index is 6.06. The molecule has 1 saturated heterocycles. The molecule has 106 valence electrons. The Morgan fingerprint density at radius 1 is 1.37 bits per heavy atom. The minimum absolute atomic E-state index is 0.236. The highest BCUT2D eigenvalue weighted by atomic mass is 16.5. The van der Waals surface area contributed by atoms with E-state index in [0.717, 1.165) is 37.4 Å². The summed E-state index contributed by atoms with van der Waals surface area (Å²) in [7, 11) is 0. The summed E-state index contributed by atoms with van der Waals surface area (Å²) in [6, 6.07) is 3.89. The molecule has 0 radical (unpaired) electrons. The van der Waals surface area contributed by atoms with Crippen molar-refractivity contribution in [3.63, 3.8) is 0 Å². The van der Waals surface area contributed by atoms with Crippen LogP contribution in [0.2, 0.25) is 0 Å². The SMILES string of the molecule is CCCNc1cc(OC2CC(C)OC(C)C2)ccn1. The first kappa shape index (κ1) is 14.1. The number of ether oxygens (including phenoxy) is 2. The van der Waals surface area contributed by atoms with Gasteiger partial charge in [0.1, 0.15) is 17.7 Å². The highest BCUT2D eigenvalue weighted by molar-refractivity contribution is 5.40. The maximum atomic E-state index is 6.06. The number of hydrogen-bond donors (Lipinski definition) is 1. The Balaban J connectivity index is 1.94. The molecule has 1 aliphatic rings. The minimum atomic E-state index is 0.236. The van der Waals surface area contributed by atoms with Gasteiger partial charge in [0.25, 0.3) is 0 Å². The van der Waals surface area contributed by atoms with Gasteiger partial charge in [-0.05, 0) is 26.3 Å². The Morgan fingerprint density at radius 2 is 2.11 bits per heavy atom. The highest BCUT2D eigenvalue weighted by Gasteiger charge is 2.25. The van der Waals surface area contributed by atoms with E-state index >= 15 is 0 Å². The van der Waals surface area contributed by atoms with Crippen LogP contribution in [0.1, 0.15) is 40.0 Å². The van der Waals surface area contributed by atoms with Crippen LogP contribution in [-0.4, -0.2) is 29.8 Å². The zero-order valence-electron chi connectivity index (χ0n) is 12.1. The molecule has 0 aromatic carbocycles. The van der Waals surface area contributed by atoms with Gasteiger partial charge < -0.3 is 14.8 Å². The molecule has 0 aliphatic carbocycles. The van der Waals surface area contributed by atoms with Gasteiger partial charge >= 0.3 is 0 Å². The van der Waals surface area contributed by atoms with Crippen LogP contribution >= 0.6 is 0 Å². The summed E-state index contributed by atoms with van der Waals surface area (Å²) in [5, 5.41) is 3.27. The van der Waals surface area contributed by atoms with Crippen LogP contribution in [0.15, 0.2) is 18.3 Å². The molecule has 1 N–H and O–H groups in total. The Labute approximate surface area is 115 Å². The molecule has 0 spiro atoms. The van der Waals surface area contributed by atoms with Gasteiger partial charge in [-0.1, -0.05) is 6.92 Å². The normalized spacial score (nSPS) is 27.0. The molecule has 0 amide bonds. The molecular formula is C15H24N2O2. The van der Waals surface area contributed by atoms with Crippen molar-refractivity contribution in [2.24, 2.45) is 0 Å². The van der Waals surface area contributed by atoms with Crippen LogP contribution in [0, 0.1) is 0 Å². The van der Waals surface area contributed by atoms with Gasteiger partial charge in [0.15, 0.2) is 0 Å². The second-order valence-corrected chi connectivity index (χ2v) is 5.27. The number of nitrogens with zero attached hydrogens (tertiary/aromatic N) is 1. The summed E-state index contributed by atoms with van der Waals surface area (Å²) < 4.78 is 11.8. The molecular weight excluding hydrogens is 240 g/mol. The van der Waals surface area contributed by atoms with E-state index in [1.54, 1.807) is 6.20 Å². The lowest BCUT2D eigenvalue weighted by Gasteiger charge is -2.32. The number of pyridine rings is 1. The fraction of sp³-hybridized carbons (Fsp3) is 0.667. The molecule has 2 unspecified atom stereocenters. The van der Waals surface area contributed by atoms with Crippen molar-refractivity contribution in [3.8, 4) is 5.75 Å². The molecule has 1 aromatic rings. The van der Waals surface area contributed by atoms with Gasteiger partial charge in [-0.3, -0.25) is 0 Å². The van der Waals surface area contributed by atoms with Crippen molar-refractivity contribution < 1.29 is 9.47 Å². The monoisotopic (exact) mass is 264 g/mol. The fourth-order valence-electron chi connectivity index (χ4n) is 2.47. The fourth-order valence-corrected chi connectivity index (χ4v) is 2.47. The average Bonchev–Trinajstić information content (AvgIpc) is 2.35. The third kappa shape index (κ3) is 4.39. The van der Waals surface area contributed by atoms with E-state index in [2.05, 4.69) is 31.1 Å². The summed E-state index contributed by atoms with van der Waals surface area (Å²) in [6.45, 7) is 7.28. The van der Waals surface area contributed by atoms with E-state index in [1.165, 1.54) is 0 Å². The van der Waals surface area contributed by atoms with Gasteiger partial charge in [0.05, 0.1) is 12.2 Å². The molecule has 1 fully saturated rings. The van der Waals surface area contributed by atoms with Crippen molar-refractivity contribution in [2.45, 2.75) is 58.3 Å². The van der Waals surface area contributed by atoms with Crippen LogP contribution in [0.5, 0.6) is 5.75 Å². The molecule has 2 atom stereocenters. The summed E-state index contributed by atoms with van der Waals surface area (Å²) in [6.07, 6.45) is 5.55. The van der Waals surface area contributed by atoms with Crippen LogP contribution in [0.25, 0.3) is 0 Å². The zero-order chi connectivity index (χ0) is 13.7. The molecule has 1 aromatic heterocycles. The van der Waals surface area contributed by atoms with Crippen molar-refractivity contribution in [1.29, 1.82) is 0 Å². The Hall–Kier alpha value is -1.29. The van der Waals surface area contributed by atoms with E-state index in [1.807, 2.05) is 12.1 Å². The average molecular weight is 264 g/mol. The number of aromatic nitrogens is 1. The van der Waals surface area contributed by atoms with Crippen molar-refractivity contribution in [1.82, 2.24) is 4.98 Å². The summed E-state index contributed by atoms with van der Waals surface area (Å²) in [5.41, 5.74) is 0. The van der Waals surface area contributed by atoms with E-state index in [9.17, 15) is 0 Å². The first-order chi connectivity index (χ1) is 9.17. The molecule has 19 heavy (non-hydrogen) atoms. The van der Waals surface area contributed by atoms with E-state index in [-0.39, 0.29) is 18.3 Å². The molecule has 2 heterocycles.